The molecule has 0 saturated carbocycles. The minimum Gasteiger partial charge on any atom is -0.497 e. The van der Waals surface area contributed by atoms with Gasteiger partial charge in [-0.25, -0.2) is 14.6 Å². The average Bonchev–Trinajstić information content (AvgIpc) is 3.22. The van der Waals surface area contributed by atoms with Gasteiger partial charge in [-0.05, 0) is 30.3 Å². The van der Waals surface area contributed by atoms with Gasteiger partial charge in [0.15, 0.2) is 5.58 Å². The van der Waals surface area contributed by atoms with Crippen molar-refractivity contribution in [3.05, 3.63) is 68.8 Å². The highest BCUT2D eigenvalue weighted by Crippen LogP contribution is 2.35. The van der Waals surface area contributed by atoms with Gasteiger partial charge in [0.05, 0.1) is 23.1 Å². The number of fused-ring (bicyclic) bond motifs is 1. The van der Waals surface area contributed by atoms with Crippen LogP contribution in [0.3, 0.4) is 0 Å². The number of aliphatic carboxylic acids is 1. The minimum absolute atomic E-state index is 0.0427. The van der Waals surface area contributed by atoms with Crippen molar-refractivity contribution >= 4 is 45.9 Å². The Morgan fingerprint density at radius 2 is 1.77 bits per heavy atom. The number of anilines is 4. The molecule has 0 unspecified atom stereocenters. The summed E-state index contributed by atoms with van der Waals surface area (Å²) in [5.74, 6) is -3.93. The van der Waals surface area contributed by atoms with E-state index in [-0.39, 0.29) is 28.8 Å². The number of oxazole rings is 1. The van der Waals surface area contributed by atoms with Crippen molar-refractivity contribution in [2.45, 2.75) is 12.4 Å². The summed E-state index contributed by atoms with van der Waals surface area (Å²) in [5.41, 5.74) is -0.540. The average molecular weight is 576 g/mol. The third-order valence-corrected chi connectivity index (χ3v) is 4.62. The number of nitro groups is 1. The van der Waals surface area contributed by atoms with Gasteiger partial charge >= 0.3 is 29.8 Å². The Morgan fingerprint density at radius 3 is 2.35 bits per heavy atom. The van der Waals surface area contributed by atoms with Crippen LogP contribution in [0.1, 0.15) is 5.56 Å². The first kappa shape index (κ1) is 29.2. The molecule has 19 heteroatoms. The van der Waals surface area contributed by atoms with Crippen LogP contribution < -0.4 is 21.1 Å². The van der Waals surface area contributed by atoms with E-state index in [2.05, 4.69) is 25.6 Å². The maximum absolute atomic E-state index is 13.2. The van der Waals surface area contributed by atoms with Gasteiger partial charge in [0, 0.05) is 17.4 Å². The van der Waals surface area contributed by atoms with Crippen molar-refractivity contribution in [3.63, 3.8) is 0 Å². The van der Waals surface area contributed by atoms with Crippen LogP contribution in [0.4, 0.5) is 55.2 Å². The topological polar surface area (TPSA) is 186 Å². The molecule has 4 rings (SSSR count). The summed E-state index contributed by atoms with van der Waals surface area (Å²) in [6, 6.07) is 7.37. The van der Waals surface area contributed by atoms with Gasteiger partial charge in [0.25, 0.3) is 0 Å². The summed E-state index contributed by atoms with van der Waals surface area (Å²) < 4.78 is 81.0. The summed E-state index contributed by atoms with van der Waals surface area (Å²) in [6.07, 6.45) is -8.80. The van der Waals surface area contributed by atoms with Crippen LogP contribution in [0.5, 0.6) is 5.75 Å². The Labute approximate surface area is 216 Å². The van der Waals surface area contributed by atoms with Crippen LogP contribution in [0.15, 0.2) is 51.8 Å². The smallest absolute Gasteiger partial charge is 0.490 e. The summed E-state index contributed by atoms with van der Waals surface area (Å²) in [6.45, 7) is 0. The second-order valence-corrected chi connectivity index (χ2v) is 7.41. The maximum atomic E-state index is 13.2. The number of aromatic amines is 1. The van der Waals surface area contributed by atoms with E-state index >= 15 is 0 Å². The first-order chi connectivity index (χ1) is 18.6. The number of nitrogens with one attached hydrogen (secondary N) is 3. The van der Waals surface area contributed by atoms with Gasteiger partial charge in [0.1, 0.15) is 11.9 Å². The molecule has 212 valence electrons. The first-order valence-electron chi connectivity index (χ1n) is 10.3. The molecule has 0 saturated heterocycles. The summed E-state index contributed by atoms with van der Waals surface area (Å²) >= 11 is 0. The van der Waals surface area contributed by atoms with Gasteiger partial charge in [-0.15, -0.1) is 0 Å². The van der Waals surface area contributed by atoms with Gasteiger partial charge in [-0.2, -0.15) is 31.3 Å². The molecule has 0 radical (unpaired) electrons. The number of carboxylic acid groups (broad SMARTS) is 1. The van der Waals surface area contributed by atoms with Crippen LogP contribution >= 0.6 is 0 Å². The van der Waals surface area contributed by atoms with Crippen LogP contribution in [0, 0.1) is 10.1 Å². The normalized spacial score (nSPS) is 11.4. The highest BCUT2D eigenvalue weighted by Gasteiger charge is 2.38. The number of rotatable bonds is 6. The number of carbonyl (C=O) groups is 1. The van der Waals surface area contributed by atoms with Crippen molar-refractivity contribution in [3.8, 4) is 5.75 Å². The fourth-order valence-corrected chi connectivity index (χ4v) is 2.91. The standard InChI is InChI=1S/C19H13F3N6O5.C2HF3O2/c1-32-12-5-9(19(20,21)22)4-11(6-12)25-17-23-8-14(28(30)31)16(27-17)24-10-2-3-15-13(7-10)26-18(29)33-15;3-2(4,5)1(6)7/h2-8H,1H3,(H,26,29)(H2,23,24,25,27);(H,6,7). The number of halogens is 6. The quantitative estimate of drug-likeness (QED) is 0.138. The molecule has 0 atom stereocenters. The van der Waals surface area contributed by atoms with E-state index in [0.717, 1.165) is 18.3 Å². The van der Waals surface area contributed by atoms with Crippen molar-refractivity contribution in [1.29, 1.82) is 0 Å². The summed E-state index contributed by atoms with van der Waals surface area (Å²) in [5, 5.41) is 23.8. The minimum atomic E-state index is -5.08. The van der Waals surface area contributed by atoms with Gasteiger partial charge in [-0.3, -0.25) is 15.1 Å². The van der Waals surface area contributed by atoms with Crippen LogP contribution in [-0.4, -0.2) is 44.2 Å². The number of hydrogen-bond acceptors (Lipinski definition) is 10. The van der Waals surface area contributed by atoms with E-state index in [1.54, 1.807) is 0 Å². The molecule has 2 aromatic carbocycles. The number of benzene rings is 2. The highest BCUT2D eigenvalue weighted by atomic mass is 19.4. The Morgan fingerprint density at radius 1 is 1.10 bits per heavy atom. The van der Waals surface area contributed by atoms with Crippen LogP contribution in [0.25, 0.3) is 11.1 Å². The lowest BCUT2D eigenvalue weighted by Crippen LogP contribution is -2.21. The van der Waals surface area contributed by atoms with E-state index in [4.69, 9.17) is 19.1 Å². The predicted octanol–water partition coefficient (Wildman–Crippen LogP) is 4.97. The number of H-pyrrole nitrogens is 1. The molecule has 0 bridgehead atoms. The lowest BCUT2D eigenvalue weighted by molar-refractivity contribution is -0.384. The molecule has 0 aliphatic heterocycles. The van der Waals surface area contributed by atoms with E-state index in [0.29, 0.717) is 11.2 Å². The Bertz CT molecular complexity index is 1620. The zero-order valence-electron chi connectivity index (χ0n) is 19.5. The van der Waals surface area contributed by atoms with Crippen molar-refractivity contribution in [2.24, 2.45) is 0 Å². The Hall–Kier alpha value is -5.36. The third-order valence-electron chi connectivity index (χ3n) is 4.62. The fourth-order valence-electron chi connectivity index (χ4n) is 2.91. The molecule has 0 fully saturated rings. The molecule has 40 heavy (non-hydrogen) atoms. The molecule has 0 aliphatic rings. The fraction of sp³-hybridized carbons (Fsp3) is 0.143. The number of hydrogen-bond donors (Lipinski definition) is 4. The Balaban J connectivity index is 0.000000559. The van der Waals surface area contributed by atoms with Gasteiger partial charge < -0.3 is 24.9 Å². The first-order valence-corrected chi connectivity index (χ1v) is 10.3. The summed E-state index contributed by atoms with van der Waals surface area (Å²) in [7, 11) is 1.22. The molecule has 13 nitrogen and oxygen atoms in total. The molecule has 0 aliphatic carbocycles. The van der Waals surface area contributed by atoms with Gasteiger partial charge in [-0.1, -0.05) is 0 Å². The molecule has 4 aromatic rings. The van der Waals surface area contributed by atoms with E-state index in [1.165, 1.54) is 31.4 Å². The molecular formula is C21H14F6N6O7. The number of methoxy groups -OCH3 is 1. The molecule has 4 N–H and O–H groups in total. The van der Waals surface area contributed by atoms with Gasteiger partial charge in [0.2, 0.25) is 11.8 Å². The zero-order valence-corrected chi connectivity index (χ0v) is 19.5. The number of ether oxygens (including phenoxy) is 1. The van der Waals surface area contributed by atoms with E-state index in [1.807, 2.05) is 0 Å². The second kappa shape index (κ2) is 11.2. The predicted molar refractivity (Wildman–Crippen MR) is 124 cm³/mol. The van der Waals surface area contributed by atoms with Crippen molar-refractivity contribution < 1.29 is 50.3 Å². The zero-order chi connectivity index (χ0) is 29.8. The van der Waals surface area contributed by atoms with Crippen molar-refractivity contribution in [1.82, 2.24) is 15.0 Å². The van der Waals surface area contributed by atoms with E-state index < -0.39 is 40.3 Å². The maximum Gasteiger partial charge on any atom is 0.490 e. The second-order valence-electron chi connectivity index (χ2n) is 7.41. The lowest BCUT2D eigenvalue weighted by Gasteiger charge is -2.13. The monoisotopic (exact) mass is 576 g/mol. The highest BCUT2D eigenvalue weighted by molar-refractivity contribution is 5.79. The number of nitrogens with zero attached hydrogens (tertiary/aromatic N) is 3. The largest absolute Gasteiger partial charge is 0.497 e. The van der Waals surface area contributed by atoms with Crippen LogP contribution in [0.2, 0.25) is 0 Å². The number of alkyl halides is 6. The number of carboxylic acids is 1. The third kappa shape index (κ3) is 7.36. The lowest BCUT2D eigenvalue weighted by atomic mass is 10.2. The van der Waals surface area contributed by atoms with E-state index in [9.17, 15) is 41.3 Å². The molecule has 2 aromatic heterocycles. The van der Waals surface area contributed by atoms with Crippen LogP contribution in [-0.2, 0) is 11.0 Å². The SMILES string of the molecule is COc1cc(Nc2ncc([N+](=O)[O-])c(Nc3ccc4oc(=O)[nH]c4c3)n2)cc(C(F)(F)F)c1.O=C(O)C(F)(F)F. The molecule has 2 heterocycles. The van der Waals surface area contributed by atoms with Crippen molar-refractivity contribution in [2.75, 3.05) is 17.7 Å². The summed E-state index contributed by atoms with van der Waals surface area (Å²) in [4.78, 5) is 41.2. The number of aromatic nitrogens is 3. The molecular weight excluding hydrogens is 562 g/mol. The molecule has 0 amide bonds. The molecule has 0 spiro atoms. The Kier molecular flexibility index (Phi) is 8.16.